The van der Waals surface area contributed by atoms with Gasteiger partial charge in [0.1, 0.15) is 106 Å². The van der Waals surface area contributed by atoms with Crippen LogP contribution in [0, 0.1) is 30.3 Å². The molecule has 3 amide bonds. The molecule has 0 spiro atoms. The van der Waals surface area contributed by atoms with E-state index in [0.717, 1.165) is 37.3 Å². The Balaban J connectivity index is 0.000000215. The monoisotopic (exact) mass is 2050 g/mol. The lowest BCUT2D eigenvalue weighted by Crippen LogP contribution is -2.33. The van der Waals surface area contributed by atoms with Crippen LogP contribution in [0.1, 0.15) is 78.3 Å². The third kappa shape index (κ3) is 31.2. The molecule has 3 atom stereocenters. The Kier molecular flexibility index (Phi) is 42.8. The Morgan fingerprint density at radius 3 is 0.783 bits per heavy atom. The highest BCUT2D eigenvalue weighted by atomic mass is 32.7. The normalized spacial score (nSPS) is 14.4. The maximum Gasteiger partial charge on any atom is 0.415 e. The number of hydrogen-bond acceptors (Lipinski definition) is 39. The Bertz CT molecular complexity index is 6200. The minimum absolute atomic E-state index is 0. The van der Waals surface area contributed by atoms with Gasteiger partial charge in [-0.25, -0.2) is 24.0 Å². The SMILES string of the molecule is C.C.C.C.CCOC(=O)N1Cc2cccc(c2)OC/C=C/COc2nc(N)c([N+](=O)[O-])c1n2.CCOC(=O)N1Cc2cccc(c2)OC/C=C\COc2nc(N)c([N+](=O)[O-])c1n2.CCOC(=O)N1Cc2cccc(c2)OC/C=C\COc2nc(N)c([N+](=O)[O-])c1n2.Nc1nc2nc3c1[nH]c(=O)n3Cc1cccc(c1)OC/C=C/CO2.Nc1nc2nc3c1[nH]c(=O)n3Cc1cccc(c1)OC/C=C\CO2.PP(P)P. The number of carbonyl (C=O) groups is 3. The van der Waals surface area contributed by atoms with Crippen LogP contribution in [-0.2, 0) is 46.9 Å². The largest absolute Gasteiger partial charge is 0.490 e. The van der Waals surface area contributed by atoms with Crippen molar-refractivity contribution in [2.45, 2.75) is 83.2 Å². The lowest BCUT2D eigenvalue weighted by atomic mass is 10.2. The van der Waals surface area contributed by atoms with Crippen LogP contribution in [0.3, 0.4) is 0 Å². The number of rotatable bonds is 6. The molecule has 20 bridgehead atoms. The number of benzene rings is 5. The third-order valence-corrected chi connectivity index (χ3v) is 19.0. The van der Waals surface area contributed by atoms with E-state index in [9.17, 15) is 54.3 Å². The molecule has 0 aliphatic carbocycles. The van der Waals surface area contributed by atoms with Crippen molar-refractivity contribution in [2.75, 3.05) is 129 Å². The molecule has 17 rings (SSSR count). The van der Waals surface area contributed by atoms with Crippen molar-refractivity contribution < 1.29 is 90.7 Å². The Hall–Kier alpha value is -16.5. The second-order valence-electron chi connectivity index (χ2n) is 28.7. The first kappa shape index (κ1) is 112. The molecular weight excluding hydrogens is 1940 g/mol. The first-order valence-corrected chi connectivity index (χ1v) is 48.1. The van der Waals surface area contributed by atoms with Crippen LogP contribution in [0.2, 0.25) is 0 Å². The van der Waals surface area contributed by atoms with Gasteiger partial charge in [-0.3, -0.25) is 54.2 Å². The zero-order valence-electron chi connectivity index (χ0n) is 74.5. The number of ether oxygens (including phenoxy) is 13. The summed E-state index contributed by atoms with van der Waals surface area (Å²) in [7, 11) is 7.94. The van der Waals surface area contributed by atoms with Gasteiger partial charge in [0.2, 0.25) is 34.9 Å². The van der Waals surface area contributed by atoms with Gasteiger partial charge in [-0.05, 0) is 177 Å². The van der Waals surface area contributed by atoms with E-state index in [0.29, 0.717) is 102 Å². The number of H-pyrrole nitrogens is 2. The predicted octanol–water partition coefficient (Wildman–Crippen LogP) is 13.9. The number of aromatic nitrogens is 14. The van der Waals surface area contributed by atoms with Crippen molar-refractivity contribution >= 4 is 138 Å². The van der Waals surface area contributed by atoms with Crippen LogP contribution in [-0.4, -0.2) is 188 Å². The second-order valence-corrected chi connectivity index (χ2v) is 40.3. The van der Waals surface area contributed by atoms with Gasteiger partial charge < -0.3 is 100 Å². The molecule has 0 radical (unpaired) electrons. The molecule has 12 heterocycles. The van der Waals surface area contributed by atoms with E-state index < -0.39 is 67.6 Å². The number of nitrogens with one attached hydrogen (secondary N) is 2. The lowest BCUT2D eigenvalue weighted by Gasteiger charge is -2.22. The molecular formula is C90H109N25O24P4. The summed E-state index contributed by atoms with van der Waals surface area (Å²) in [4.78, 5) is 144. The van der Waals surface area contributed by atoms with Gasteiger partial charge in [-0.1, -0.05) is 90.4 Å². The number of anilines is 8. The highest BCUT2D eigenvalue weighted by Crippen LogP contribution is 2.60. The summed E-state index contributed by atoms with van der Waals surface area (Å²) >= 11 is 0. The molecule has 5 aliphatic heterocycles. The van der Waals surface area contributed by atoms with Crippen molar-refractivity contribution in [1.29, 1.82) is 0 Å². The van der Waals surface area contributed by atoms with Gasteiger partial charge >= 0.3 is 76.8 Å². The van der Waals surface area contributed by atoms with Crippen molar-refractivity contribution in [3.63, 3.8) is 0 Å². The van der Waals surface area contributed by atoms with Crippen molar-refractivity contribution in [1.82, 2.24) is 68.9 Å². The minimum atomic E-state index is -0.821. The predicted molar refractivity (Wildman–Crippen MR) is 548 cm³/mol. The zero-order valence-corrected chi connectivity index (χ0v) is 78.8. The van der Waals surface area contributed by atoms with E-state index >= 15 is 0 Å². The summed E-state index contributed by atoms with van der Waals surface area (Å²) in [6, 6.07) is 35.7. The molecule has 758 valence electrons. The van der Waals surface area contributed by atoms with Crippen LogP contribution < -0.4 is 102 Å². The quantitative estimate of drug-likeness (QED) is 0.0267. The molecule has 5 aromatic carbocycles. The molecule has 7 aromatic heterocycles. The van der Waals surface area contributed by atoms with Gasteiger partial charge in [0.05, 0.1) is 67.3 Å². The van der Waals surface area contributed by atoms with Crippen LogP contribution in [0.15, 0.2) is 192 Å². The van der Waals surface area contributed by atoms with Crippen LogP contribution in [0.5, 0.6) is 58.8 Å². The number of amides is 3. The second kappa shape index (κ2) is 54.7. The number of carbonyl (C=O) groups excluding carboxylic acids is 3. The summed E-state index contributed by atoms with van der Waals surface area (Å²) in [6.07, 6.45) is 15.1. The standard InChI is InChI=1S/3C18H19N5O6.2C16H15N5O3.4CH4.H6P4/c3*1-2-27-18(24)22-11-12-6-5-7-13(10-12)28-8-3-4-9-29-17-20-15(19)14(23(25)26)16(22)21-17;2*17-13-12-14-20-15(19-13)24-7-2-1-6-23-11-5-3-4-10(8-11)9-21(14)16(22)18-12;;;;;1-4(2)3/h3*3-7,10H,2,8-9,11H2,1H3,(H2,19,20,21);2*1-5,8H,6-7,9H2,(H,18,22)(H2,17,19,20);4*1H4;1-3H2/b4-3+;2*4-3-;2-1+;2-1-;;;;;. The van der Waals surface area contributed by atoms with E-state index in [4.69, 9.17) is 90.2 Å². The highest BCUT2D eigenvalue weighted by molar-refractivity contribution is 8.65. The average molecular weight is 2050 g/mol. The number of hydrogen-bond donors (Lipinski definition) is 7. The topological polar surface area (TPSA) is 645 Å². The average Bonchev–Trinajstić information content (AvgIpc) is 1.53. The number of nitrogens with two attached hydrogens (primary N) is 5. The Morgan fingerprint density at radius 2 is 0.559 bits per heavy atom. The Labute approximate surface area is 826 Å². The van der Waals surface area contributed by atoms with E-state index in [1.54, 1.807) is 130 Å². The summed E-state index contributed by atoms with van der Waals surface area (Å²) in [6.45, 7) is 8.26. The molecule has 5 aliphatic rings. The van der Waals surface area contributed by atoms with Crippen LogP contribution >= 0.6 is 33.8 Å². The van der Waals surface area contributed by atoms with E-state index in [-0.39, 0.29) is 180 Å². The van der Waals surface area contributed by atoms with Gasteiger partial charge in [0.15, 0.2) is 22.9 Å². The molecule has 49 nitrogen and oxygen atoms in total. The minimum Gasteiger partial charge on any atom is -0.490 e. The molecule has 0 fully saturated rings. The maximum atomic E-state index is 12.6. The zero-order chi connectivity index (χ0) is 99.0. The van der Waals surface area contributed by atoms with Gasteiger partial charge in [-0.2, -0.15) is 49.8 Å². The fraction of sp³-hybridized carbons (Fsp3) is 0.278. The van der Waals surface area contributed by atoms with Crippen molar-refractivity contribution in [3.8, 4) is 58.8 Å². The highest BCUT2D eigenvalue weighted by Gasteiger charge is 2.37. The molecule has 12 aromatic rings. The van der Waals surface area contributed by atoms with Crippen LogP contribution in [0.4, 0.5) is 78.0 Å². The van der Waals surface area contributed by atoms with Gasteiger partial charge in [-0.15, -0.1) is 26.8 Å². The molecule has 143 heavy (non-hydrogen) atoms. The molecule has 53 heteroatoms. The van der Waals surface area contributed by atoms with Crippen molar-refractivity contribution in [2.24, 2.45) is 0 Å². The molecule has 0 saturated heterocycles. The molecule has 0 saturated carbocycles. The number of nitro groups is 3. The first-order valence-electron chi connectivity index (χ1n) is 41.9. The summed E-state index contributed by atoms with van der Waals surface area (Å²) < 4.78 is 73.6. The molecule has 12 N–H and O–H groups in total. The lowest BCUT2D eigenvalue weighted by molar-refractivity contribution is -0.383. The van der Waals surface area contributed by atoms with E-state index in [2.05, 4.69) is 86.6 Å². The summed E-state index contributed by atoms with van der Waals surface area (Å²) in [5.41, 5.74) is 32.1. The number of nitrogens with zero attached hydrogens (tertiary/aromatic N) is 18. The van der Waals surface area contributed by atoms with Crippen LogP contribution in [0.25, 0.3) is 22.3 Å². The van der Waals surface area contributed by atoms with Gasteiger partial charge in [0, 0.05) is 0 Å². The fourth-order valence-electron chi connectivity index (χ4n) is 13.0. The first-order chi connectivity index (χ1) is 67.1. The van der Waals surface area contributed by atoms with Gasteiger partial charge in [0.25, 0.3) is 0 Å². The summed E-state index contributed by atoms with van der Waals surface area (Å²) in [5, 5.41) is 34.8. The molecule has 3 unspecified atom stereocenters. The smallest absolute Gasteiger partial charge is 0.415 e. The van der Waals surface area contributed by atoms with E-state index in [1.165, 1.54) is 9.13 Å². The van der Waals surface area contributed by atoms with E-state index in [1.807, 2.05) is 72.8 Å². The maximum absolute atomic E-state index is 12.6. The summed E-state index contributed by atoms with van der Waals surface area (Å²) in [5.74, 6) is 1.35. The third-order valence-electron chi connectivity index (χ3n) is 19.0. The Morgan fingerprint density at radius 1 is 0.350 bits per heavy atom. The number of fused-ring (bicyclic) bond motifs is 18. The number of imidazole rings is 2. The number of aromatic amines is 2. The fourth-order valence-corrected chi connectivity index (χ4v) is 13.0. The van der Waals surface area contributed by atoms with Crippen molar-refractivity contribution in [3.05, 3.63) is 261 Å². The number of nitrogen functional groups attached to an aromatic ring is 5.